The Bertz CT molecular complexity index is 399. The summed E-state index contributed by atoms with van der Waals surface area (Å²) >= 11 is 0. The minimum Gasteiger partial charge on any atom is -0.386 e. The molecule has 1 atom stereocenters. The molecule has 1 aromatic rings. The van der Waals surface area contributed by atoms with Crippen LogP contribution in [-0.2, 0) is 6.42 Å². The van der Waals surface area contributed by atoms with E-state index in [0.717, 1.165) is 18.4 Å². The molecular formula is C14H19NO3. The van der Waals surface area contributed by atoms with Crippen LogP contribution < -0.4 is 0 Å². The van der Waals surface area contributed by atoms with E-state index in [1.807, 2.05) is 30.3 Å². The molecule has 0 amide bonds. The number of hydrogen-bond acceptors (Lipinski definition) is 3. The van der Waals surface area contributed by atoms with Crippen LogP contribution in [0.1, 0.15) is 37.7 Å². The summed E-state index contributed by atoms with van der Waals surface area (Å²) < 4.78 is 0. The van der Waals surface area contributed by atoms with Crippen molar-refractivity contribution in [1.29, 1.82) is 0 Å². The van der Waals surface area contributed by atoms with Gasteiger partial charge in [0.15, 0.2) is 0 Å². The van der Waals surface area contributed by atoms with Crippen LogP contribution in [0.3, 0.4) is 0 Å². The number of nitrogens with zero attached hydrogens (tertiary/aromatic N) is 1. The zero-order valence-corrected chi connectivity index (χ0v) is 10.4. The normalized spacial score (nSPS) is 19.6. The highest BCUT2D eigenvalue weighted by molar-refractivity contribution is 5.15. The number of aryl methyl sites for hydroxylation is 1. The Balaban J connectivity index is 1.98. The highest BCUT2D eigenvalue weighted by Gasteiger charge is 2.51. The van der Waals surface area contributed by atoms with Crippen LogP contribution >= 0.6 is 0 Å². The maximum atomic E-state index is 11.2. The Hall–Kier alpha value is -1.42. The summed E-state index contributed by atoms with van der Waals surface area (Å²) in [5.41, 5.74) is 0.0300. The standard InChI is InChI=1S/C14H19NO3/c16-13(9-8-12-6-2-1-3-7-12)14(15(17)18)10-4-5-11-14/h1-3,6-7,13,16H,4-5,8-11H2. The van der Waals surface area contributed by atoms with Crippen LogP contribution in [0.2, 0.25) is 0 Å². The lowest BCUT2D eigenvalue weighted by atomic mass is 9.87. The first kappa shape index (κ1) is 13.0. The van der Waals surface area contributed by atoms with Crippen LogP contribution in [0.4, 0.5) is 0 Å². The molecule has 1 fully saturated rings. The van der Waals surface area contributed by atoms with Crippen molar-refractivity contribution in [3.05, 3.63) is 46.0 Å². The fraction of sp³-hybridized carbons (Fsp3) is 0.571. The maximum absolute atomic E-state index is 11.2. The molecule has 4 heteroatoms. The summed E-state index contributed by atoms with van der Waals surface area (Å²) in [5.74, 6) is 0. The van der Waals surface area contributed by atoms with Gasteiger partial charge in [-0.15, -0.1) is 0 Å². The monoisotopic (exact) mass is 249 g/mol. The number of benzene rings is 1. The number of nitro groups is 1. The van der Waals surface area contributed by atoms with Gasteiger partial charge in [-0.1, -0.05) is 30.3 Å². The van der Waals surface area contributed by atoms with Crippen molar-refractivity contribution in [1.82, 2.24) is 0 Å². The average Bonchev–Trinajstić information content (AvgIpc) is 2.88. The van der Waals surface area contributed by atoms with E-state index in [4.69, 9.17) is 0 Å². The van der Waals surface area contributed by atoms with Gasteiger partial charge in [0.05, 0.1) is 0 Å². The number of rotatable bonds is 5. The van der Waals surface area contributed by atoms with Gasteiger partial charge >= 0.3 is 0 Å². The van der Waals surface area contributed by atoms with E-state index in [2.05, 4.69) is 0 Å². The van der Waals surface area contributed by atoms with E-state index in [-0.39, 0.29) is 4.92 Å². The fourth-order valence-electron chi connectivity index (χ4n) is 2.84. The Morgan fingerprint density at radius 1 is 1.28 bits per heavy atom. The topological polar surface area (TPSA) is 63.4 Å². The third-order valence-corrected chi connectivity index (χ3v) is 4.00. The molecule has 1 aliphatic rings. The zero-order valence-electron chi connectivity index (χ0n) is 10.4. The highest BCUT2D eigenvalue weighted by Crippen LogP contribution is 2.37. The molecule has 1 aliphatic carbocycles. The third kappa shape index (κ3) is 2.53. The van der Waals surface area contributed by atoms with Gasteiger partial charge in [-0.25, -0.2) is 0 Å². The Morgan fingerprint density at radius 3 is 2.44 bits per heavy atom. The first-order chi connectivity index (χ1) is 8.65. The molecule has 0 saturated heterocycles. The molecular weight excluding hydrogens is 230 g/mol. The van der Waals surface area contributed by atoms with Gasteiger partial charge in [-0.2, -0.15) is 0 Å². The van der Waals surface area contributed by atoms with Gasteiger partial charge in [0, 0.05) is 17.8 Å². The van der Waals surface area contributed by atoms with Gasteiger partial charge in [0.2, 0.25) is 5.54 Å². The van der Waals surface area contributed by atoms with Crippen LogP contribution in [0.5, 0.6) is 0 Å². The first-order valence-electron chi connectivity index (χ1n) is 6.52. The van der Waals surface area contributed by atoms with Crippen molar-refractivity contribution in [2.45, 2.75) is 50.2 Å². The van der Waals surface area contributed by atoms with Gasteiger partial charge in [0.1, 0.15) is 6.10 Å². The van der Waals surface area contributed by atoms with Crippen LogP contribution in [-0.4, -0.2) is 21.7 Å². The lowest BCUT2D eigenvalue weighted by Gasteiger charge is -2.25. The molecule has 0 aromatic heterocycles. The predicted molar refractivity (Wildman–Crippen MR) is 69.0 cm³/mol. The second-order valence-corrected chi connectivity index (χ2v) is 5.11. The molecule has 98 valence electrons. The van der Waals surface area contributed by atoms with Gasteiger partial charge < -0.3 is 5.11 Å². The molecule has 18 heavy (non-hydrogen) atoms. The highest BCUT2D eigenvalue weighted by atomic mass is 16.6. The van der Waals surface area contributed by atoms with Crippen molar-refractivity contribution in [2.24, 2.45) is 0 Å². The molecule has 1 N–H and O–H groups in total. The van der Waals surface area contributed by atoms with E-state index >= 15 is 0 Å². The molecule has 1 aromatic carbocycles. The molecule has 0 radical (unpaired) electrons. The molecule has 0 heterocycles. The zero-order chi connectivity index (χ0) is 13.0. The van der Waals surface area contributed by atoms with Crippen molar-refractivity contribution >= 4 is 0 Å². The van der Waals surface area contributed by atoms with Crippen LogP contribution in [0.15, 0.2) is 30.3 Å². The molecule has 1 unspecified atom stereocenters. The summed E-state index contributed by atoms with van der Waals surface area (Å²) in [5, 5.41) is 21.4. The Labute approximate surface area is 107 Å². The van der Waals surface area contributed by atoms with Gasteiger partial charge in [-0.05, 0) is 31.2 Å². The summed E-state index contributed by atoms with van der Waals surface area (Å²) in [7, 11) is 0. The second kappa shape index (κ2) is 5.48. The fourth-order valence-corrected chi connectivity index (χ4v) is 2.84. The minimum absolute atomic E-state index is 0.254. The van der Waals surface area contributed by atoms with E-state index in [1.165, 1.54) is 0 Å². The van der Waals surface area contributed by atoms with Crippen molar-refractivity contribution in [3.63, 3.8) is 0 Å². The molecule has 0 spiro atoms. The van der Waals surface area contributed by atoms with Crippen LogP contribution in [0.25, 0.3) is 0 Å². The molecule has 0 aliphatic heterocycles. The van der Waals surface area contributed by atoms with Crippen molar-refractivity contribution < 1.29 is 10.0 Å². The molecule has 0 bridgehead atoms. The van der Waals surface area contributed by atoms with Crippen molar-refractivity contribution in [3.8, 4) is 0 Å². The number of aliphatic hydroxyl groups is 1. The third-order valence-electron chi connectivity index (χ3n) is 4.00. The van der Waals surface area contributed by atoms with E-state index in [9.17, 15) is 15.2 Å². The lowest BCUT2D eigenvalue weighted by molar-refractivity contribution is -0.581. The minimum atomic E-state index is -1.09. The summed E-state index contributed by atoms with van der Waals surface area (Å²) in [6, 6.07) is 9.80. The smallest absolute Gasteiger partial charge is 0.247 e. The van der Waals surface area contributed by atoms with Gasteiger partial charge in [-0.3, -0.25) is 10.1 Å². The second-order valence-electron chi connectivity index (χ2n) is 5.11. The quantitative estimate of drug-likeness (QED) is 0.644. The lowest BCUT2D eigenvalue weighted by Crippen LogP contribution is -2.47. The van der Waals surface area contributed by atoms with Crippen molar-refractivity contribution in [2.75, 3.05) is 0 Å². The van der Waals surface area contributed by atoms with Crippen LogP contribution in [0, 0.1) is 10.1 Å². The Kier molecular flexibility index (Phi) is 3.97. The SMILES string of the molecule is O=[N+]([O-])C1(C(O)CCc2ccccc2)CCCC1. The molecule has 1 saturated carbocycles. The van der Waals surface area contributed by atoms with E-state index in [0.29, 0.717) is 25.7 Å². The Morgan fingerprint density at radius 2 is 1.89 bits per heavy atom. The number of aliphatic hydroxyl groups excluding tert-OH is 1. The first-order valence-corrected chi connectivity index (χ1v) is 6.52. The van der Waals surface area contributed by atoms with Gasteiger partial charge in [0.25, 0.3) is 0 Å². The molecule has 4 nitrogen and oxygen atoms in total. The van der Waals surface area contributed by atoms with E-state index in [1.54, 1.807) is 0 Å². The number of hydrogen-bond donors (Lipinski definition) is 1. The average molecular weight is 249 g/mol. The van der Waals surface area contributed by atoms with E-state index < -0.39 is 11.6 Å². The maximum Gasteiger partial charge on any atom is 0.247 e. The summed E-state index contributed by atoms with van der Waals surface area (Å²) in [6.07, 6.45) is 3.04. The summed E-state index contributed by atoms with van der Waals surface area (Å²) in [6.45, 7) is 0. The largest absolute Gasteiger partial charge is 0.386 e. The summed E-state index contributed by atoms with van der Waals surface area (Å²) in [4.78, 5) is 11.0. The molecule has 2 rings (SSSR count). The predicted octanol–water partition coefficient (Wildman–Crippen LogP) is 2.57.